The summed E-state index contributed by atoms with van der Waals surface area (Å²) in [5.41, 5.74) is 3.05. The van der Waals surface area contributed by atoms with Gasteiger partial charge in [0.1, 0.15) is 6.29 Å². The monoisotopic (exact) mass is 228 g/mol. The van der Waals surface area contributed by atoms with E-state index in [9.17, 15) is 4.79 Å². The molecule has 0 unspecified atom stereocenters. The van der Waals surface area contributed by atoms with E-state index in [4.69, 9.17) is 0 Å². The molecular formula is C14H16N2O. The number of aromatic nitrogens is 2. The van der Waals surface area contributed by atoms with E-state index < -0.39 is 0 Å². The van der Waals surface area contributed by atoms with E-state index in [0.717, 1.165) is 22.8 Å². The first kappa shape index (κ1) is 10.5. The molecule has 2 aromatic rings. The highest BCUT2D eigenvalue weighted by molar-refractivity contribution is 5.88. The Hall–Kier alpha value is -1.64. The molecule has 0 N–H and O–H groups in total. The molecule has 1 fully saturated rings. The molecule has 1 aliphatic rings. The molecule has 3 nitrogen and oxygen atoms in total. The Morgan fingerprint density at radius 2 is 2.12 bits per heavy atom. The van der Waals surface area contributed by atoms with Crippen molar-refractivity contribution in [2.75, 3.05) is 0 Å². The Balaban J connectivity index is 2.20. The van der Waals surface area contributed by atoms with Gasteiger partial charge in [-0.2, -0.15) is 5.10 Å². The SMILES string of the molecule is Cn1nc2ccc(C=O)cc2c1C1CCCC1. The van der Waals surface area contributed by atoms with Gasteiger partial charge in [-0.1, -0.05) is 12.8 Å². The molecule has 17 heavy (non-hydrogen) atoms. The molecule has 0 bridgehead atoms. The van der Waals surface area contributed by atoms with Gasteiger partial charge in [-0.25, -0.2) is 0 Å². The Labute approximate surface area is 100 Å². The molecule has 0 amide bonds. The van der Waals surface area contributed by atoms with Gasteiger partial charge in [-0.05, 0) is 31.0 Å². The van der Waals surface area contributed by atoms with E-state index in [0.29, 0.717) is 5.92 Å². The highest BCUT2D eigenvalue weighted by atomic mass is 16.1. The van der Waals surface area contributed by atoms with Crippen molar-refractivity contribution in [2.24, 2.45) is 7.05 Å². The minimum absolute atomic E-state index is 0.618. The molecule has 0 atom stereocenters. The van der Waals surface area contributed by atoms with Crippen LogP contribution in [0.1, 0.15) is 47.7 Å². The van der Waals surface area contributed by atoms with E-state index in [-0.39, 0.29) is 0 Å². The summed E-state index contributed by atoms with van der Waals surface area (Å²) in [4.78, 5) is 10.9. The summed E-state index contributed by atoms with van der Waals surface area (Å²) in [5.74, 6) is 0.618. The summed E-state index contributed by atoms with van der Waals surface area (Å²) in [6.07, 6.45) is 6.03. The van der Waals surface area contributed by atoms with Crippen molar-refractivity contribution < 1.29 is 4.79 Å². The molecule has 1 heterocycles. The van der Waals surface area contributed by atoms with Crippen LogP contribution < -0.4 is 0 Å². The third-order valence-electron chi connectivity index (χ3n) is 3.78. The predicted octanol–water partition coefficient (Wildman–Crippen LogP) is 3.04. The number of fused-ring (bicyclic) bond motifs is 1. The normalized spacial score (nSPS) is 16.8. The quantitative estimate of drug-likeness (QED) is 0.740. The average molecular weight is 228 g/mol. The minimum atomic E-state index is 0.618. The van der Waals surface area contributed by atoms with Crippen molar-refractivity contribution >= 4 is 17.2 Å². The highest BCUT2D eigenvalue weighted by Gasteiger charge is 2.23. The van der Waals surface area contributed by atoms with E-state index in [1.165, 1.54) is 31.4 Å². The number of hydrogen-bond acceptors (Lipinski definition) is 2. The topological polar surface area (TPSA) is 34.9 Å². The van der Waals surface area contributed by atoms with Gasteiger partial charge in [0.2, 0.25) is 0 Å². The van der Waals surface area contributed by atoms with Crippen LogP contribution in [0, 0.1) is 0 Å². The molecule has 1 saturated carbocycles. The number of benzene rings is 1. The van der Waals surface area contributed by atoms with E-state index in [2.05, 4.69) is 5.10 Å². The van der Waals surface area contributed by atoms with Crippen LogP contribution in [0.5, 0.6) is 0 Å². The lowest BCUT2D eigenvalue weighted by atomic mass is 9.99. The second-order valence-electron chi connectivity index (χ2n) is 4.88. The largest absolute Gasteiger partial charge is 0.298 e. The maximum atomic E-state index is 10.9. The van der Waals surface area contributed by atoms with Gasteiger partial charge >= 0.3 is 0 Å². The van der Waals surface area contributed by atoms with Crippen molar-refractivity contribution in [3.63, 3.8) is 0 Å². The second-order valence-corrected chi connectivity index (χ2v) is 4.88. The minimum Gasteiger partial charge on any atom is -0.298 e. The number of carbonyl (C=O) groups is 1. The zero-order valence-electron chi connectivity index (χ0n) is 10.0. The number of hydrogen-bond donors (Lipinski definition) is 0. The van der Waals surface area contributed by atoms with Crippen LogP contribution in [0.3, 0.4) is 0 Å². The summed E-state index contributed by atoms with van der Waals surface area (Å²) in [7, 11) is 2.01. The molecule has 3 rings (SSSR count). The van der Waals surface area contributed by atoms with Gasteiger partial charge < -0.3 is 0 Å². The summed E-state index contributed by atoms with van der Waals surface area (Å²) in [6.45, 7) is 0. The first-order chi connectivity index (χ1) is 8.29. The lowest BCUT2D eigenvalue weighted by Crippen LogP contribution is -2.02. The molecule has 3 heteroatoms. The summed E-state index contributed by atoms with van der Waals surface area (Å²) >= 11 is 0. The smallest absolute Gasteiger partial charge is 0.150 e. The zero-order chi connectivity index (χ0) is 11.8. The van der Waals surface area contributed by atoms with Crippen molar-refractivity contribution in [2.45, 2.75) is 31.6 Å². The van der Waals surface area contributed by atoms with Gasteiger partial charge in [0.25, 0.3) is 0 Å². The number of aryl methyl sites for hydroxylation is 1. The van der Waals surface area contributed by atoms with Crippen LogP contribution in [-0.2, 0) is 7.05 Å². The van der Waals surface area contributed by atoms with Crippen LogP contribution in [0.15, 0.2) is 18.2 Å². The fraction of sp³-hybridized carbons (Fsp3) is 0.429. The fourth-order valence-electron chi connectivity index (χ4n) is 2.99. The number of carbonyl (C=O) groups excluding carboxylic acids is 1. The lowest BCUT2D eigenvalue weighted by Gasteiger charge is -2.10. The number of rotatable bonds is 2. The molecule has 1 aromatic carbocycles. The van der Waals surface area contributed by atoms with Crippen molar-refractivity contribution in [1.82, 2.24) is 9.78 Å². The van der Waals surface area contributed by atoms with Crippen molar-refractivity contribution in [3.05, 3.63) is 29.5 Å². The maximum Gasteiger partial charge on any atom is 0.150 e. The van der Waals surface area contributed by atoms with Crippen molar-refractivity contribution in [3.8, 4) is 0 Å². The number of aldehydes is 1. The third-order valence-corrected chi connectivity index (χ3v) is 3.78. The first-order valence-electron chi connectivity index (χ1n) is 6.21. The first-order valence-corrected chi connectivity index (χ1v) is 6.21. The lowest BCUT2D eigenvalue weighted by molar-refractivity contribution is 0.112. The van der Waals surface area contributed by atoms with Gasteiger partial charge in [-0.3, -0.25) is 9.48 Å². The van der Waals surface area contributed by atoms with Crippen LogP contribution in [0.4, 0.5) is 0 Å². The van der Waals surface area contributed by atoms with E-state index in [1.54, 1.807) is 0 Å². The molecule has 88 valence electrons. The van der Waals surface area contributed by atoms with Crippen LogP contribution in [0.25, 0.3) is 10.9 Å². The highest BCUT2D eigenvalue weighted by Crippen LogP contribution is 2.37. The number of nitrogens with zero attached hydrogens (tertiary/aromatic N) is 2. The van der Waals surface area contributed by atoms with Crippen molar-refractivity contribution in [1.29, 1.82) is 0 Å². The van der Waals surface area contributed by atoms with Crippen LogP contribution in [-0.4, -0.2) is 16.1 Å². The zero-order valence-corrected chi connectivity index (χ0v) is 10.0. The fourth-order valence-corrected chi connectivity index (χ4v) is 2.99. The molecule has 1 aliphatic carbocycles. The summed E-state index contributed by atoms with van der Waals surface area (Å²) < 4.78 is 2.00. The predicted molar refractivity (Wildman–Crippen MR) is 67.3 cm³/mol. The molecule has 0 saturated heterocycles. The summed E-state index contributed by atoms with van der Waals surface area (Å²) in [5, 5.41) is 5.69. The second kappa shape index (κ2) is 3.99. The van der Waals surface area contributed by atoms with Crippen LogP contribution >= 0.6 is 0 Å². The Bertz CT molecular complexity index is 565. The summed E-state index contributed by atoms with van der Waals surface area (Å²) in [6, 6.07) is 5.75. The Morgan fingerprint density at radius 3 is 2.82 bits per heavy atom. The molecular weight excluding hydrogens is 212 g/mol. The van der Waals surface area contributed by atoms with Crippen LogP contribution in [0.2, 0.25) is 0 Å². The van der Waals surface area contributed by atoms with E-state index in [1.807, 2.05) is 29.9 Å². The molecule has 1 aromatic heterocycles. The molecule has 0 spiro atoms. The third kappa shape index (κ3) is 1.66. The Kier molecular flexibility index (Phi) is 2.46. The maximum absolute atomic E-state index is 10.9. The van der Waals surface area contributed by atoms with Gasteiger partial charge in [0, 0.05) is 29.6 Å². The van der Waals surface area contributed by atoms with E-state index >= 15 is 0 Å². The van der Waals surface area contributed by atoms with Gasteiger partial charge in [-0.15, -0.1) is 0 Å². The standard InChI is InChI=1S/C14H16N2O/c1-16-14(11-4-2-3-5-11)12-8-10(9-17)6-7-13(12)15-16/h6-9,11H,2-5H2,1H3. The van der Waals surface area contributed by atoms with Gasteiger partial charge in [0.05, 0.1) is 5.52 Å². The average Bonchev–Trinajstić information content (AvgIpc) is 2.93. The molecule has 0 aliphatic heterocycles. The van der Waals surface area contributed by atoms with Gasteiger partial charge in [0.15, 0.2) is 0 Å². The Morgan fingerprint density at radius 1 is 1.35 bits per heavy atom. The molecule has 0 radical (unpaired) electrons.